The lowest BCUT2D eigenvalue weighted by Crippen LogP contribution is -2.34. The molecule has 0 spiro atoms. The molecule has 148 valence electrons. The first-order valence-corrected chi connectivity index (χ1v) is 8.46. The summed E-state index contributed by atoms with van der Waals surface area (Å²) in [5, 5.41) is 17.7. The fourth-order valence-corrected chi connectivity index (χ4v) is 2.73. The predicted octanol–water partition coefficient (Wildman–Crippen LogP) is 1.84. The van der Waals surface area contributed by atoms with E-state index in [1.54, 1.807) is 6.92 Å². The molecular weight excluding hydrogens is 375 g/mol. The summed E-state index contributed by atoms with van der Waals surface area (Å²) in [5.74, 6) is 0.136. The third kappa shape index (κ3) is 5.15. The number of carbonyl (C=O) groups excluding carboxylic acids is 1. The number of alkyl halides is 3. The van der Waals surface area contributed by atoms with Gasteiger partial charge in [-0.1, -0.05) is 30.3 Å². The van der Waals surface area contributed by atoms with Crippen molar-refractivity contribution in [3.63, 3.8) is 0 Å². The van der Waals surface area contributed by atoms with Crippen molar-refractivity contribution in [2.75, 3.05) is 0 Å². The van der Waals surface area contributed by atoms with E-state index in [4.69, 9.17) is 0 Å². The second kappa shape index (κ2) is 8.19. The van der Waals surface area contributed by atoms with Crippen molar-refractivity contribution < 1.29 is 18.0 Å². The number of tetrazole rings is 1. The molecule has 28 heavy (non-hydrogen) atoms. The Hall–Kier alpha value is -3.24. The van der Waals surface area contributed by atoms with E-state index in [-0.39, 0.29) is 12.5 Å². The Balaban J connectivity index is 1.69. The summed E-state index contributed by atoms with van der Waals surface area (Å²) in [6.45, 7) is 0.553. The smallest absolute Gasteiger partial charge is 0.350 e. The van der Waals surface area contributed by atoms with Crippen LogP contribution in [0.5, 0.6) is 0 Å². The van der Waals surface area contributed by atoms with Gasteiger partial charge < -0.3 is 5.32 Å². The van der Waals surface area contributed by atoms with Gasteiger partial charge in [0, 0.05) is 24.7 Å². The Kier molecular flexibility index (Phi) is 5.71. The summed E-state index contributed by atoms with van der Waals surface area (Å²) in [4.78, 5) is 12.8. The van der Waals surface area contributed by atoms with Crippen LogP contribution in [0.2, 0.25) is 0 Å². The average molecular weight is 393 g/mol. The third-order valence-electron chi connectivity index (χ3n) is 4.02. The maximum Gasteiger partial charge on any atom is 0.408 e. The molecule has 0 aliphatic rings. The second-order valence-corrected chi connectivity index (χ2v) is 6.26. The molecule has 1 atom stereocenters. The zero-order valence-electron chi connectivity index (χ0n) is 15.0. The minimum absolute atomic E-state index is 0.0448. The molecule has 0 radical (unpaired) electrons. The largest absolute Gasteiger partial charge is 0.408 e. The predicted molar refractivity (Wildman–Crippen MR) is 91.9 cm³/mol. The number of nitrogens with one attached hydrogen (secondary N) is 1. The van der Waals surface area contributed by atoms with Gasteiger partial charge >= 0.3 is 6.18 Å². The normalized spacial score (nSPS) is 12.7. The Morgan fingerprint density at radius 3 is 2.61 bits per heavy atom. The van der Waals surface area contributed by atoms with Gasteiger partial charge in [-0.2, -0.15) is 18.3 Å². The van der Waals surface area contributed by atoms with Crippen LogP contribution in [0, 0.1) is 6.92 Å². The Labute approximate surface area is 158 Å². The van der Waals surface area contributed by atoms with Gasteiger partial charge in [0.25, 0.3) is 0 Å². The Morgan fingerprint density at radius 1 is 1.21 bits per heavy atom. The summed E-state index contributed by atoms with van der Waals surface area (Å²) in [7, 11) is 0. The number of hydrogen-bond acceptors (Lipinski definition) is 5. The molecule has 1 unspecified atom stereocenters. The summed E-state index contributed by atoms with van der Waals surface area (Å²) >= 11 is 0. The van der Waals surface area contributed by atoms with Crippen molar-refractivity contribution in [3.8, 4) is 0 Å². The highest BCUT2D eigenvalue weighted by Gasteiger charge is 2.28. The molecule has 0 saturated carbocycles. The number of amides is 1. The van der Waals surface area contributed by atoms with Gasteiger partial charge in [-0.05, 0) is 22.9 Å². The summed E-state index contributed by atoms with van der Waals surface area (Å²) in [6.07, 6.45) is -1.44. The molecule has 1 amide bonds. The van der Waals surface area contributed by atoms with Gasteiger partial charge in [0.2, 0.25) is 5.91 Å². The summed E-state index contributed by atoms with van der Waals surface area (Å²) in [5.41, 5.74) is 1.39. The molecule has 8 nitrogen and oxygen atoms in total. The number of aromatic nitrogens is 6. The molecule has 3 rings (SSSR count). The number of nitrogens with zero attached hydrogens (tertiary/aromatic N) is 6. The van der Waals surface area contributed by atoms with Gasteiger partial charge in [-0.3, -0.25) is 9.48 Å². The van der Waals surface area contributed by atoms with Crippen LogP contribution in [0.15, 0.2) is 42.7 Å². The van der Waals surface area contributed by atoms with Crippen molar-refractivity contribution in [1.29, 1.82) is 0 Å². The number of aryl methyl sites for hydroxylation is 1. The molecule has 2 heterocycles. The molecule has 0 saturated heterocycles. The van der Waals surface area contributed by atoms with Gasteiger partial charge in [-0.15, -0.1) is 5.10 Å². The van der Waals surface area contributed by atoms with E-state index in [1.165, 1.54) is 17.1 Å². The van der Waals surface area contributed by atoms with E-state index in [9.17, 15) is 18.0 Å². The van der Waals surface area contributed by atoms with Crippen LogP contribution in [0.4, 0.5) is 13.2 Å². The van der Waals surface area contributed by atoms with Crippen LogP contribution < -0.4 is 5.32 Å². The van der Waals surface area contributed by atoms with E-state index in [2.05, 4.69) is 25.9 Å². The van der Waals surface area contributed by atoms with Crippen LogP contribution in [-0.2, 0) is 24.3 Å². The van der Waals surface area contributed by atoms with Gasteiger partial charge in [0.1, 0.15) is 18.4 Å². The van der Waals surface area contributed by atoms with Crippen LogP contribution >= 0.6 is 0 Å². The SMILES string of the molecule is Cc1nnnn1C(Cc1ccccc1)C(=O)NCc1cnn(CC(F)(F)F)c1. The highest BCUT2D eigenvalue weighted by molar-refractivity contribution is 5.80. The quantitative estimate of drug-likeness (QED) is 0.662. The second-order valence-electron chi connectivity index (χ2n) is 6.26. The zero-order chi connectivity index (χ0) is 20.1. The first-order chi connectivity index (χ1) is 13.3. The topological polar surface area (TPSA) is 90.5 Å². The number of benzene rings is 1. The minimum atomic E-state index is -4.36. The highest BCUT2D eigenvalue weighted by atomic mass is 19.4. The molecule has 0 aliphatic carbocycles. The van der Waals surface area contributed by atoms with Crippen molar-refractivity contribution in [2.45, 2.75) is 38.7 Å². The number of carbonyl (C=O) groups is 1. The van der Waals surface area contributed by atoms with E-state index in [0.717, 1.165) is 10.2 Å². The van der Waals surface area contributed by atoms with Crippen LogP contribution in [0.3, 0.4) is 0 Å². The highest BCUT2D eigenvalue weighted by Crippen LogP contribution is 2.18. The van der Waals surface area contributed by atoms with Gasteiger partial charge in [0.15, 0.2) is 0 Å². The first kappa shape index (κ1) is 19.5. The van der Waals surface area contributed by atoms with Gasteiger partial charge in [-0.25, -0.2) is 4.68 Å². The molecular formula is C17H18F3N7O. The molecule has 11 heteroatoms. The van der Waals surface area contributed by atoms with E-state index >= 15 is 0 Å². The molecule has 0 fully saturated rings. The van der Waals surface area contributed by atoms with Crippen molar-refractivity contribution in [2.24, 2.45) is 0 Å². The molecule has 1 N–H and O–H groups in total. The van der Waals surface area contributed by atoms with E-state index in [0.29, 0.717) is 17.8 Å². The summed E-state index contributed by atoms with van der Waals surface area (Å²) < 4.78 is 39.5. The lowest BCUT2D eigenvalue weighted by Gasteiger charge is -2.17. The maximum atomic E-state index is 12.8. The number of halogens is 3. The Morgan fingerprint density at radius 2 is 1.96 bits per heavy atom. The fourth-order valence-electron chi connectivity index (χ4n) is 2.73. The average Bonchev–Trinajstić information content (AvgIpc) is 3.26. The fraction of sp³-hybridized carbons (Fsp3) is 0.353. The maximum absolute atomic E-state index is 12.8. The third-order valence-corrected chi connectivity index (χ3v) is 4.02. The molecule has 0 bridgehead atoms. The number of hydrogen-bond donors (Lipinski definition) is 1. The lowest BCUT2D eigenvalue weighted by atomic mass is 10.1. The molecule has 2 aromatic heterocycles. The standard InChI is InChI=1S/C17H18F3N7O/c1-12-23-24-25-27(12)15(7-13-5-3-2-4-6-13)16(28)21-8-14-9-22-26(10-14)11-17(18,19)20/h2-6,9-10,15H,7-8,11H2,1H3,(H,21,28). The first-order valence-electron chi connectivity index (χ1n) is 8.46. The summed E-state index contributed by atoms with van der Waals surface area (Å²) in [6, 6.07) is 8.70. The molecule has 1 aromatic carbocycles. The van der Waals surface area contributed by atoms with Crippen molar-refractivity contribution in [1.82, 2.24) is 35.3 Å². The van der Waals surface area contributed by atoms with Crippen LogP contribution in [0.25, 0.3) is 0 Å². The van der Waals surface area contributed by atoms with Crippen LogP contribution in [-0.4, -0.2) is 42.1 Å². The van der Waals surface area contributed by atoms with Crippen LogP contribution in [0.1, 0.15) is 23.0 Å². The lowest BCUT2D eigenvalue weighted by molar-refractivity contribution is -0.142. The minimum Gasteiger partial charge on any atom is -0.350 e. The van der Waals surface area contributed by atoms with Crippen molar-refractivity contribution in [3.05, 3.63) is 59.7 Å². The molecule has 3 aromatic rings. The molecule has 0 aliphatic heterocycles. The Bertz CT molecular complexity index is 920. The monoisotopic (exact) mass is 393 g/mol. The van der Waals surface area contributed by atoms with Gasteiger partial charge in [0.05, 0.1) is 6.20 Å². The van der Waals surface area contributed by atoms with E-state index in [1.807, 2.05) is 30.3 Å². The zero-order valence-corrected chi connectivity index (χ0v) is 15.0. The van der Waals surface area contributed by atoms with Crippen molar-refractivity contribution >= 4 is 5.91 Å². The number of rotatable bonds is 7. The van der Waals surface area contributed by atoms with E-state index < -0.39 is 18.8 Å².